The molecule has 2 heterocycles. The van der Waals surface area contributed by atoms with Gasteiger partial charge in [-0.2, -0.15) is 5.26 Å². The van der Waals surface area contributed by atoms with E-state index in [1.807, 2.05) is 19.1 Å². The third-order valence-corrected chi connectivity index (χ3v) is 4.45. The Labute approximate surface area is 144 Å². The number of hydrogen-bond donors (Lipinski definition) is 1. The molecule has 0 saturated carbocycles. The number of pyridine rings is 1. The Kier molecular flexibility index (Phi) is 4.70. The third kappa shape index (κ3) is 3.07. The number of aromatic nitrogens is 1. The number of carbonyl (C=O) groups excluding carboxylic acids is 1. The number of benzene rings is 1. The van der Waals surface area contributed by atoms with Crippen molar-refractivity contribution in [2.75, 3.05) is 13.7 Å². The van der Waals surface area contributed by atoms with Gasteiger partial charge in [0.2, 0.25) is 5.88 Å². The Morgan fingerprint density at radius 2 is 2.24 bits per heavy atom. The van der Waals surface area contributed by atoms with Crippen LogP contribution in [0.5, 0.6) is 11.6 Å². The van der Waals surface area contributed by atoms with Gasteiger partial charge in [0.05, 0.1) is 13.2 Å². The van der Waals surface area contributed by atoms with Crippen molar-refractivity contribution < 1.29 is 18.7 Å². The fourth-order valence-electron chi connectivity index (χ4n) is 3.11. The Hall–Kier alpha value is -2.88. The molecule has 1 fully saturated rings. The second-order valence-electron chi connectivity index (χ2n) is 5.88. The molecule has 1 aromatic carbocycles. The summed E-state index contributed by atoms with van der Waals surface area (Å²) in [4.78, 5) is 15.9. The first-order valence-corrected chi connectivity index (χ1v) is 8.04. The van der Waals surface area contributed by atoms with Gasteiger partial charge >= 0.3 is 0 Å². The van der Waals surface area contributed by atoms with E-state index in [0.29, 0.717) is 23.3 Å². The standard InChI is InChI=1S/C18H18FN3O3/c1-3-12-13(21-17(23)15(12)19)9-25-14-6-4-5-10-7-11(8-20)18(24-2)22-16(10)14/h4-7,12-13,15H,3,9H2,1-2H3,(H,21,23). The van der Waals surface area contributed by atoms with Gasteiger partial charge in [0.1, 0.15) is 29.5 Å². The lowest BCUT2D eigenvalue weighted by Crippen LogP contribution is -2.34. The van der Waals surface area contributed by atoms with Crippen LogP contribution < -0.4 is 14.8 Å². The first-order valence-electron chi connectivity index (χ1n) is 8.04. The maximum atomic E-state index is 13.9. The fraction of sp³-hybridized carbons (Fsp3) is 0.389. The SMILES string of the molecule is CCC1C(COc2cccc3cc(C#N)c(OC)nc23)NC(=O)C1F. The summed E-state index contributed by atoms with van der Waals surface area (Å²) in [6, 6.07) is 8.68. The van der Waals surface area contributed by atoms with Crippen molar-refractivity contribution in [1.82, 2.24) is 10.3 Å². The van der Waals surface area contributed by atoms with Crippen LogP contribution >= 0.6 is 0 Å². The number of nitriles is 1. The van der Waals surface area contributed by atoms with Crippen molar-refractivity contribution in [3.05, 3.63) is 29.8 Å². The predicted octanol–water partition coefficient (Wildman–Crippen LogP) is 2.36. The fourth-order valence-corrected chi connectivity index (χ4v) is 3.11. The quantitative estimate of drug-likeness (QED) is 0.901. The molecule has 6 nitrogen and oxygen atoms in total. The lowest BCUT2D eigenvalue weighted by atomic mass is 9.97. The topological polar surface area (TPSA) is 84.2 Å². The minimum Gasteiger partial charge on any atom is -0.489 e. The van der Waals surface area contributed by atoms with Crippen LogP contribution in [0.15, 0.2) is 24.3 Å². The molecule has 7 heteroatoms. The summed E-state index contributed by atoms with van der Waals surface area (Å²) in [5.41, 5.74) is 0.883. The molecule has 1 amide bonds. The van der Waals surface area contributed by atoms with E-state index in [2.05, 4.69) is 10.3 Å². The van der Waals surface area contributed by atoms with E-state index in [4.69, 9.17) is 14.7 Å². The maximum absolute atomic E-state index is 13.9. The van der Waals surface area contributed by atoms with E-state index in [-0.39, 0.29) is 18.5 Å². The molecule has 130 valence electrons. The average Bonchev–Trinajstić information content (AvgIpc) is 2.91. The van der Waals surface area contributed by atoms with Gasteiger partial charge in [-0.15, -0.1) is 0 Å². The van der Waals surface area contributed by atoms with E-state index < -0.39 is 18.0 Å². The number of alkyl halides is 1. The molecule has 2 aromatic rings. The summed E-state index contributed by atoms with van der Waals surface area (Å²) in [6.07, 6.45) is -0.955. The normalized spacial score (nSPS) is 22.5. The van der Waals surface area contributed by atoms with Crippen LogP contribution in [-0.4, -0.2) is 36.8 Å². The predicted molar refractivity (Wildman–Crippen MR) is 89.1 cm³/mol. The van der Waals surface area contributed by atoms with Crippen molar-refractivity contribution in [2.45, 2.75) is 25.6 Å². The Morgan fingerprint density at radius 3 is 2.92 bits per heavy atom. The first-order chi connectivity index (χ1) is 12.1. The average molecular weight is 343 g/mol. The van der Waals surface area contributed by atoms with Crippen molar-refractivity contribution in [3.63, 3.8) is 0 Å². The van der Waals surface area contributed by atoms with E-state index in [1.165, 1.54) is 7.11 Å². The zero-order chi connectivity index (χ0) is 18.0. The third-order valence-electron chi connectivity index (χ3n) is 4.45. The molecule has 25 heavy (non-hydrogen) atoms. The monoisotopic (exact) mass is 343 g/mol. The summed E-state index contributed by atoms with van der Waals surface area (Å²) in [7, 11) is 1.44. The van der Waals surface area contributed by atoms with Gasteiger partial charge in [0.15, 0.2) is 6.17 Å². The number of para-hydroxylation sites is 1. The van der Waals surface area contributed by atoms with E-state index in [1.54, 1.807) is 18.2 Å². The van der Waals surface area contributed by atoms with Crippen molar-refractivity contribution in [3.8, 4) is 17.7 Å². The number of methoxy groups -OCH3 is 1. The van der Waals surface area contributed by atoms with Crippen LogP contribution in [0.3, 0.4) is 0 Å². The minimum atomic E-state index is -1.50. The van der Waals surface area contributed by atoms with E-state index in [9.17, 15) is 9.18 Å². The van der Waals surface area contributed by atoms with Crippen LogP contribution in [0.1, 0.15) is 18.9 Å². The van der Waals surface area contributed by atoms with Gasteiger partial charge in [0, 0.05) is 11.3 Å². The molecule has 1 N–H and O–H groups in total. The molecule has 1 aliphatic rings. The largest absolute Gasteiger partial charge is 0.489 e. The number of amides is 1. The van der Waals surface area contributed by atoms with Gasteiger partial charge in [0.25, 0.3) is 5.91 Å². The summed E-state index contributed by atoms with van der Waals surface area (Å²) in [6.45, 7) is 1.99. The molecule has 0 radical (unpaired) electrons. The lowest BCUT2D eigenvalue weighted by Gasteiger charge is -2.19. The minimum absolute atomic E-state index is 0.147. The van der Waals surface area contributed by atoms with Crippen molar-refractivity contribution in [2.24, 2.45) is 5.92 Å². The number of nitrogens with one attached hydrogen (secondary N) is 1. The van der Waals surface area contributed by atoms with Gasteiger partial charge in [-0.25, -0.2) is 9.37 Å². The molecule has 1 saturated heterocycles. The molecule has 1 aromatic heterocycles. The zero-order valence-corrected chi connectivity index (χ0v) is 14.0. The Morgan fingerprint density at radius 1 is 1.44 bits per heavy atom. The molecule has 3 unspecified atom stereocenters. The number of carbonyl (C=O) groups is 1. The number of rotatable bonds is 5. The zero-order valence-electron chi connectivity index (χ0n) is 14.0. The molecule has 0 bridgehead atoms. The highest BCUT2D eigenvalue weighted by atomic mass is 19.1. The summed E-state index contributed by atoms with van der Waals surface area (Å²) in [5, 5.41) is 12.5. The van der Waals surface area contributed by atoms with Gasteiger partial charge in [-0.1, -0.05) is 19.1 Å². The van der Waals surface area contributed by atoms with Crippen LogP contribution in [0.2, 0.25) is 0 Å². The molecule has 3 rings (SSSR count). The number of nitrogens with zero attached hydrogens (tertiary/aromatic N) is 2. The molecular formula is C18H18FN3O3. The van der Waals surface area contributed by atoms with Crippen molar-refractivity contribution >= 4 is 16.8 Å². The molecule has 0 aliphatic carbocycles. The summed E-state index contributed by atoms with van der Waals surface area (Å²) in [5.74, 6) is -0.283. The van der Waals surface area contributed by atoms with Gasteiger partial charge in [-0.3, -0.25) is 4.79 Å². The second kappa shape index (κ2) is 6.93. The summed E-state index contributed by atoms with van der Waals surface area (Å²) >= 11 is 0. The molecule has 0 spiro atoms. The van der Waals surface area contributed by atoms with E-state index >= 15 is 0 Å². The summed E-state index contributed by atoms with van der Waals surface area (Å²) < 4.78 is 24.8. The van der Waals surface area contributed by atoms with Crippen molar-refractivity contribution in [1.29, 1.82) is 5.26 Å². The number of ether oxygens (including phenoxy) is 2. The van der Waals surface area contributed by atoms with Crippen LogP contribution in [0.4, 0.5) is 4.39 Å². The second-order valence-corrected chi connectivity index (χ2v) is 5.88. The van der Waals surface area contributed by atoms with Crippen LogP contribution in [0.25, 0.3) is 10.9 Å². The van der Waals surface area contributed by atoms with E-state index in [0.717, 1.165) is 5.39 Å². The smallest absolute Gasteiger partial charge is 0.255 e. The highest BCUT2D eigenvalue weighted by molar-refractivity contribution is 5.86. The molecule has 3 atom stereocenters. The van der Waals surface area contributed by atoms with Gasteiger partial charge in [-0.05, 0) is 18.6 Å². The Balaban J connectivity index is 1.87. The number of fused-ring (bicyclic) bond motifs is 1. The van der Waals surface area contributed by atoms with Crippen LogP contribution in [0, 0.1) is 17.2 Å². The van der Waals surface area contributed by atoms with Crippen LogP contribution in [-0.2, 0) is 4.79 Å². The lowest BCUT2D eigenvalue weighted by molar-refractivity contribution is -0.123. The highest BCUT2D eigenvalue weighted by Gasteiger charge is 2.41. The number of halogens is 1. The molecule has 1 aliphatic heterocycles. The Bertz CT molecular complexity index is 849. The maximum Gasteiger partial charge on any atom is 0.255 e. The highest BCUT2D eigenvalue weighted by Crippen LogP contribution is 2.30. The molecular weight excluding hydrogens is 325 g/mol. The first kappa shape index (κ1) is 17.0. The number of hydrogen-bond acceptors (Lipinski definition) is 5. The van der Waals surface area contributed by atoms with Gasteiger partial charge < -0.3 is 14.8 Å².